The van der Waals surface area contributed by atoms with Crippen molar-refractivity contribution in [2.45, 2.75) is 108 Å². The molecule has 0 bridgehead atoms. The number of nitrogens with zero attached hydrogens (tertiary/aromatic N) is 6. The molecule has 7 aromatic carbocycles. The van der Waals surface area contributed by atoms with Gasteiger partial charge in [-0.3, -0.25) is 67.3 Å². The summed E-state index contributed by atoms with van der Waals surface area (Å²) in [6.07, 6.45) is -0.106. The molecule has 0 aromatic heterocycles. The molecule has 0 radical (unpaired) electrons. The second kappa shape index (κ2) is 43.2. The van der Waals surface area contributed by atoms with Gasteiger partial charge in [0.2, 0.25) is 35.4 Å². The molecule has 15 unspecified atom stereocenters. The predicted octanol–water partition coefficient (Wildman–Crippen LogP) is 11.3. The Hall–Kier alpha value is -11.7. The molecule has 3 saturated heterocycles. The monoisotopic (exact) mass is 1660 g/mol. The lowest BCUT2D eigenvalue weighted by atomic mass is 9.60. The zero-order valence-corrected chi connectivity index (χ0v) is 72.0. The number of carbonyl (C=O) groups excluding carboxylic acids is 10. The topological polar surface area (TPSA) is 322 Å². The number of hydrogen-bond donors (Lipinski definition) is 6. The molecule has 122 heavy (non-hydrogen) atoms. The summed E-state index contributed by atoms with van der Waals surface area (Å²) in [6, 6.07) is 58.3. The molecule has 0 spiro atoms. The maximum atomic E-state index is 16.8. The summed E-state index contributed by atoms with van der Waals surface area (Å²) in [5.41, 5.74) is 3.25. The van der Waals surface area contributed by atoms with Crippen molar-refractivity contribution in [3.8, 4) is 0 Å². The molecule has 0 aliphatic carbocycles. The molecule has 15 atom stereocenters. The smallest absolute Gasteiger partial charge is 0.318 e. The first kappa shape index (κ1) is 92.6. The fraction of sp³-hybridized carbons (Fsp3) is 0.443. The van der Waals surface area contributed by atoms with Crippen LogP contribution < -0.4 is 31.1 Å². The Bertz CT molecular complexity index is 4730. The van der Waals surface area contributed by atoms with Crippen LogP contribution in [0.4, 0.5) is 11.4 Å². The molecular weight excluding hydrogens is 1550 g/mol. The lowest BCUT2D eigenvalue weighted by molar-refractivity contribution is -0.155. The van der Waals surface area contributed by atoms with Crippen molar-refractivity contribution in [1.29, 1.82) is 0 Å². The van der Waals surface area contributed by atoms with E-state index in [2.05, 4.69) is 21.3 Å². The van der Waals surface area contributed by atoms with Crippen molar-refractivity contribution < 1.29 is 72.5 Å². The fourth-order valence-corrected chi connectivity index (χ4v) is 18.7. The van der Waals surface area contributed by atoms with E-state index in [9.17, 15) is 39.0 Å². The quantitative estimate of drug-likeness (QED) is 0.00894. The van der Waals surface area contributed by atoms with Crippen LogP contribution in [0.2, 0.25) is 0 Å². The zero-order chi connectivity index (χ0) is 88.1. The maximum absolute atomic E-state index is 16.8. The van der Waals surface area contributed by atoms with Crippen molar-refractivity contribution in [2.24, 2.45) is 58.7 Å². The minimum Gasteiger partial charge on any atom is -0.481 e. The fourth-order valence-electron chi connectivity index (χ4n) is 18.7. The van der Waals surface area contributed by atoms with Crippen LogP contribution in [0.3, 0.4) is 0 Å². The van der Waals surface area contributed by atoms with Gasteiger partial charge in [-0.05, 0) is 212 Å². The number of esters is 2. The first-order valence-corrected chi connectivity index (χ1v) is 42.6. The van der Waals surface area contributed by atoms with Crippen LogP contribution in [0, 0.1) is 58.7 Å². The summed E-state index contributed by atoms with van der Waals surface area (Å²) in [4.78, 5) is 193. The highest BCUT2D eigenvalue weighted by Crippen LogP contribution is 2.57. The van der Waals surface area contributed by atoms with E-state index in [0.29, 0.717) is 64.9 Å². The second-order valence-corrected chi connectivity index (χ2v) is 34.0. The Balaban J connectivity index is 1.12. The number of ether oxygens (including phenoxy) is 1. The van der Waals surface area contributed by atoms with Gasteiger partial charge in [-0.1, -0.05) is 166 Å². The van der Waals surface area contributed by atoms with Crippen LogP contribution in [-0.2, 0) is 52.7 Å². The largest absolute Gasteiger partial charge is 0.481 e. The third-order valence-corrected chi connectivity index (χ3v) is 25.0. The number of hydrogen-bond acceptors (Lipinski definition) is 17. The predicted molar refractivity (Wildman–Crippen MR) is 467 cm³/mol. The number of rotatable bonds is 45. The summed E-state index contributed by atoms with van der Waals surface area (Å²) in [7, 11) is 15.0. The number of amides is 8. The van der Waals surface area contributed by atoms with Gasteiger partial charge in [0.1, 0.15) is 0 Å². The molecule has 648 valence electrons. The van der Waals surface area contributed by atoms with E-state index in [1.807, 2.05) is 138 Å². The SMILES string of the molecule is CCC(c1ccccc1)C(C(=O)NCCCNC(=O)c1ccc(N(C)C)cc1)C(CC(c1ccccc1)C1C(=O)N(CCCNC(=O)c2ccc(N(C)C)cc2)C(=O)C1CC(c1ccccc1)C1C(=O)N(CCCN(C)C)C(=O)C1(C)CC(c1ccccc1)C(C(=O)NCCCN(C)C)C(CC(c1ccccc1)C1C(=O)OC(=O)C1C)C(=O)O)C(=O)O. The van der Waals surface area contributed by atoms with E-state index in [-0.39, 0.29) is 83.7 Å². The third-order valence-electron chi connectivity index (χ3n) is 25.0. The van der Waals surface area contributed by atoms with Crippen molar-refractivity contribution in [1.82, 2.24) is 40.9 Å². The number of imide groups is 2. The molecule has 25 heteroatoms. The van der Waals surface area contributed by atoms with E-state index >= 15 is 28.8 Å². The summed E-state index contributed by atoms with van der Waals surface area (Å²) in [5.74, 6) is -27.0. The lowest BCUT2D eigenvalue weighted by Crippen LogP contribution is -2.46. The Morgan fingerprint density at radius 1 is 0.443 bits per heavy atom. The highest BCUT2D eigenvalue weighted by atomic mass is 16.6. The Labute approximate surface area is 716 Å². The molecule has 25 nitrogen and oxygen atoms in total. The Morgan fingerprint density at radius 2 is 0.836 bits per heavy atom. The number of nitrogens with one attached hydrogen (secondary N) is 4. The van der Waals surface area contributed by atoms with E-state index in [0.717, 1.165) is 16.3 Å². The van der Waals surface area contributed by atoms with Gasteiger partial charge < -0.3 is 55.8 Å². The molecule has 3 heterocycles. The summed E-state index contributed by atoms with van der Waals surface area (Å²) in [6.45, 7) is 6.04. The zero-order valence-electron chi connectivity index (χ0n) is 72.0. The molecule has 0 saturated carbocycles. The van der Waals surface area contributed by atoms with Crippen LogP contribution in [0.25, 0.3) is 0 Å². The highest BCUT2D eigenvalue weighted by molar-refractivity contribution is 6.09. The molecule has 3 fully saturated rings. The Kier molecular flexibility index (Phi) is 32.8. The molecular formula is C97H120N10O15. The number of carboxylic acids is 2. The molecule has 7 aromatic rings. The minimum atomic E-state index is -1.92. The number of benzene rings is 7. The van der Waals surface area contributed by atoms with Gasteiger partial charge in [0.05, 0.1) is 58.7 Å². The first-order chi connectivity index (χ1) is 58.4. The van der Waals surface area contributed by atoms with Gasteiger partial charge in [-0.25, -0.2) is 0 Å². The summed E-state index contributed by atoms with van der Waals surface area (Å²) in [5, 5.41) is 36.2. The van der Waals surface area contributed by atoms with Crippen LogP contribution in [0.15, 0.2) is 200 Å². The molecule has 6 N–H and O–H groups in total. The van der Waals surface area contributed by atoms with Crippen molar-refractivity contribution in [2.75, 3.05) is 119 Å². The molecule has 8 amide bonds. The number of carbonyl (C=O) groups is 12. The van der Waals surface area contributed by atoms with E-state index in [1.54, 1.807) is 159 Å². The molecule has 3 aliphatic rings. The van der Waals surface area contributed by atoms with Gasteiger partial charge in [0.15, 0.2) is 0 Å². The van der Waals surface area contributed by atoms with Gasteiger partial charge in [0, 0.05) is 90.0 Å². The average Bonchev–Trinajstić information content (AvgIpc) is 1.56. The van der Waals surface area contributed by atoms with E-state index < -0.39 is 160 Å². The minimum absolute atomic E-state index is 0.00232. The number of anilines is 2. The van der Waals surface area contributed by atoms with Crippen LogP contribution in [-0.4, -0.2) is 210 Å². The van der Waals surface area contributed by atoms with Crippen molar-refractivity contribution in [3.63, 3.8) is 0 Å². The number of likely N-dealkylation sites (tertiary alicyclic amines) is 2. The van der Waals surface area contributed by atoms with Crippen molar-refractivity contribution in [3.05, 3.63) is 239 Å². The third kappa shape index (κ3) is 22.5. The normalized spacial score (nSPS) is 20.0. The van der Waals surface area contributed by atoms with Gasteiger partial charge in [-0.2, -0.15) is 0 Å². The number of aliphatic carboxylic acids is 2. The Morgan fingerprint density at radius 3 is 1.26 bits per heavy atom. The van der Waals surface area contributed by atoms with Gasteiger partial charge >= 0.3 is 23.9 Å². The number of carboxylic acid groups (broad SMARTS) is 2. The van der Waals surface area contributed by atoms with E-state index in [1.165, 1.54) is 4.90 Å². The van der Waals surface area contributed by atoms with Crippen LogP contribution in [0.5, 0.6) is 0 Å². The standard InChI is InChI=1S/C97H120N10O15/c1-12-72(63-32-18-13-19-33-63)81(87(110)100-51-28-50-98-85(108)68-42-46-70(47-43-68)104(8)9)77(92(115)116)59-74(65-36-22-15-23-37-65)83-76(89(112)106(90(83)113)56-30-53-99-86(109)69-44-48-71(49-45-69)105(10)11)60-75(66-38-24-16-25-39-66)84-91(114)107(57-31-55-103(6)7)96(121)97(84,3)61-79(67-40-26-17-27-41-67)82(88(111)101-52-29-54-102(4)5)78(93(117)118)58-73(64-34-20-14-21-35-64)80-62(2)94(119)122-95(80)120/h13-27,32-49,62,72-84H,12,28-31,50-61H2,1-11H3,(H,98,108)(H,99,109)(H,100,110)(H,101,111)(H,115,116)(H,117,118). The number of cyclic esters (lactones) is 2. The van der Waals surface area contributed by atoms with Crippen LogP contribution in [0.1, 0.15) is 157 Å². The molecule has 10 rings (SSSR count). The van der Waals surface area contributed by atoms with E-state index in [4.69, 9.17) is 4.74 Å². The van der Waals surface area contributed by atoms with Crippen molar-refractivity contribution >= 4 is 82.5 Å². The average molecular weight is 1670 g/mol. The lowest BCUT2D eigenvalue weighted by Gasteiger charge is -2.41. The van der Waals surface area contributed by atoms with Gasteiger partial charge in [-0.15, -0.1) is 0 Å². The molecule has 3 aliphatic heterocycles. The second-order valence-electron chi connectivity index (χ2n) is 34.0. The van der Waals surface area contributed by atoms with Crippen LogP contribution >= 0.6 is 0 Å². The highest BCUT2D eigenvalue weighted by Gasteiger charge is 2.63. The summed E-state index contributed by atoms with van der Waals surface area (Å²) < 4.78 is 5.26. The summed E-state index contributed by atoms with van der Waals surface area (Å²) >= 11 is 0. The van der Waals surface area contributed by atoms with Gasteiger partial charge in [0.25, 0.3) is 11.8 Å². The first-order valence-electron chi connectivity index (χ1n) is 42.6. The maximum Gasteiger partial charge on any atom is 0.318 e.